The smallest absolute Gasteiger partial charge is 0.289 e. The van der Waals surface area contributed by atoms with Crippen molar-refractivity contribution in [3.8, 4) is 0 Å². The predicted molar refractivity (Wildman–Crippen MR) is 92.0 cm³/mol. The van der Waals surface area contributed by atoms with Gasteiger partial charge in [-0.2, -0.15) is 0 Å². The summed E-state index contributed by atoms with van der Waals surface area (Å²) in [6.07, 6.45) is 5.55. The minimum absolute atomic E-state index is 0.0558. The van der Waals surface area contributed by atoms with Gasteiger partial charge in [-0.15, -0.1) is 0 Å². The van der Waals surface area contributed by atoms with Crippen LogP contribution in [-0.4, -0.2) is 57.8 Å². The summed E-state index contributed by atoms with van der Waals surface area (Å²) < 4.78 is 5.16. The van der Waals surface area contributed by atoms with Crippen LogP contribution in [0.3, 0.4) is 0 Å². The quantitative estimate of drug-likeness (QED) is 0.892. The van der Waals surface area contributed by atoms with Crippen LogP contribution in [0.25, 0.3) is 0 Å². The summed E-state index contributed by atoms with van der Waals surface area (Å²) in [6.45, 7) is 1.80. The fraction of sp³-hybridized carbons (Fsp3) is 0.444. The van der Waals surface area contributed by atoms with Crippen molar-refractivity contribution in [2.24, 2.45) is 0 Å². The minimum atomic E-state index is -0.389. The zero-order valence-electron chi connectivity index (χ0n) is 14.3. The molecule has 2 aromatic rings. The number of hydrogen-bond acceptors (Lipinski definition) is 5. The highest BCUT2D eigenvalue weighted by Gasteiger charge is 2.29. The van der Waals surface area contributed by atoms with Crippen LogP contribution in [0.4, 0.5) is 0 Å². The van der Waals surface area contributed by atoms with Crippen LogP contribution in [0.2, 0.25) is 0 Å². The van der Waals surface area contributed by atoms with Crippen LogP contribution in [0.15, 0.2) is 33.8 Å². The minimum Gasteiger partial charge on any atom is -0.459 e. The summed E-state index contributed by atoms with van der Waals surface area (Å²) in [4.78, 5) is 47.6. The first-order valence-corrected chi connectivity index (χ1v) is 8.85. The molecule has 136 valence electrons. The van der Waals surface area contributed by atoms with Crippen molar-refractivity contribution in [2.75, 3.05) is 26.2 Å². The predicted octanol–water partition coefficient (Wildman–Crippen LogP) is 1.23. The molecule has 1 N–H and O–H groups in total. The number of nitrogens with zero attached hydrogens (tertiary/aromatic N) is 3. The van der Waals surface area contributed by atoms with Gasteiger partial charge in [-0.25, -0.2) is 4.98 Å². The third kappa shape index (κ3) is 3.26. The molecule has 0 spiro atoms. The maximum Gasteiger partial charge on any atom is 0.289 e. The molecule has 26 heavy (non-hydrogen) atoms. The maximum atomic E-state index is 12.7. The van der Waals surface area contributed by atoms with Gasteiger partial charge in [0.25, 0.3) is 17.4 Å². The van der Waals surface area contributed by atoms with Crippen molar-refractivity contribution >= 4 is 11.8 Å². The summed E-state index contributed by atoms with van der Waals surface area (Å²) in [6, 6.07) is 3.30. The molecule has 4 rings (SSSR count). The number of aromatic amines is 1. The number of carbonyl (C=O) groups excluding carboxylic acids is 2. The average molecular weight is 356 g/mol. The molecule has 0 bridgehead atoms. The largest absolute Gasteiger partial charge is 0.459 e. The Kier molecular flexibility index (Phi) is 4.32. The van der Waals surface area contributed by atoms with Crippen LogP contribution in [0, 0.1) is 0 Å². The lowest BCUT2D eigenvalue weighted by Crippen LogP contribution is -2.39. The first-order valence-electron chi connectivity index (χ1n) is 8.85. The molecule has 0 atom stereocenters. The number of nitrogens with one attached hydrogen (secondary N) is 1. The van der Waals surface area contributed by atoms with Crippen molar-refractivity contribution in [1.29, 1.82) is 0 Å². The Morgan fingerprint density at radius 3 is 2.46 bits per heavy atom. The summed E-state index contributed by atoms with van der Waals surface area (Å²) in [5.74, 6) is 0.760. The molecule has 1 aliphatic carbocycles. The standard InChI is InChI=1S/C18H20N4O4/c23-16-13(11-19-15(20-16)12-4-5-12)17(24)21-6-2-7-22(9-8-21)18(25)14-3-1-10-26-14/h1,3,10-12H,2,4-9H2,(H,19,20,23). The van der Waals surface area contributed by atoms with E-state index in [2.05, 4.69) is 9.97 Å². The first-order chi connectivity index (χ1) is 12.6. The van der Waals surface area contributed by atoms with Crippen LogP contribution in [-0.2, 0) is 0 Å². The third-order valence-electron chi connectivity index (χ3n) is 4.82. The van der Waals surface area contributed by atoms with Crippen molar-refractivity contribution in [3.63, 3.8) is 0 Å². The van der Waals surface area contributed by atoms with Gasteiger partial charge < -0.3 is 19.2 Å². The first kappa shape index (κ1) is 16.6. The van der Waals surface area contributed by atoms with Crippen LogP contribution < -0.4 is 5.56 Å². The monoisotopic (exact) mass is 356 g/mol. The molecule has 1 saturated heterocycles. The molecule has 8 nitrogen and oxygen atoms in total. The van der Waals surface area contributed by atoms with Crippen LogP contribution in [0.5, 0.6) is 0 Å². The van der Waals surface area contributed by atoms with Gasteiger partial charge in [0, 0.05) is 38.3 Å². The van der Waals surface area contributed by atoms with E-state index >= 15 is 0 Å². The summed E-state index contributed by atoms with van der Waals surface area (Å²) in [5, 5.41) is 0. The third-order valence-corrected chi connectivity index (χ3v) is 4.82. The van der Waals surface area contributed by atoms with E-state index in [-0.39, 0.29) is 22.9 Å². The van der Waals surface area contributed by atoms with Crippen molar-refractivity contribution in [1.82, 2.24) is 19.8 Å². The highest BCUT2D eigenvalue weighted by Crippen LogP contribution is 2.37. The highest BCUT2D eigenvalue weighted by molar-refractivity contribution is 5.94. The van der Waals surface area contributed by atoms with Crippen molar-refractivity contribution in [3.05, 3.63) is 52.1 Å². The Morgan fingerprint density at radius 2 is 1.85 bits per heavy atom. The average Bonchev–Trinajstić information content (AvgIpc) is 3.40. The molecule has 1 aliphatic heterocycles. The SMILES string of the molecule is O=C(c1ccco1)N1CCCN(C(=O)c2cnc(C3CC3)[nH]c2=O)CC1. The molecule has 0 aromatic carbocycles. The van der Waals surface area contributed by atoms with E-state index in [4.69, 9.17) is 4.42 Å². The highest BCUT2D eigenvalue weighted by atomic mass is 16.3. The van der Waals surface area contributed by atoms with Crippen LogP contribution >= 0.6 is 0 Å². The van der Waals surface area contributed by atoms with E-state index in [1.165, 1.54) is 12.5 Å². The fourth-order valence-electron chi connectivity index (χ4n) is 3.18. The fourth-order valence-corrected chi connectivity index (χ4v) is 3.18. The lowest BCUT2D eigenvalue weighted by Gasteiger charge is -2.21. The van der Waals surface area contributed by atoms with Gasteiger partial charge in [0.15, 0.2) is 5.76 Å². The molecule has 0 radical (unpaired) electrons. The number of aromatic nitrogens is 2. The van der Waals surface area contributed by atoms with E-state index in [0.29, 0.717) is 50.1 Å². The Labute approximate surface area is 149 Å². The summed E-state index contributed by atoms with van der Waals surface area (Å²) in [7, 11) is 0. The van der Waals surface area contributed by atoms with Gasteiger partial charge in [-0.05, 0) is 31.4 Å². The number of furan rings is 1. The van der Waals surface area contributed by atoms with E-state index in [0.717, 1.165) is 12.8 Å². The molecular formula is C18H20N4O4. The summed E-state index contributed by atoms with van der Waals surface area (Å²) >= 11 is 0. The Balaban J connectivity index is 1.44. The molecule has 3 heterocycles. The van der Waals surface area contributed by atoms with Crippen molar-refractivity contribution in [2.45, 2.75) is 25.2 Å². The zero-order valence-corrected chi connectivity index (χ0v) is 14.3. The number of rotatable bonds is 3. The summed E-state index contributed by atoms with van der Waals surface area (Å²) in [5.41, 5.74) is -0.333. The van der Waals surface area contributed by atoms with Gasteiger partial charge in [-0.3, -0.25) is 14.4 Å². The lowest BCUT2D eigenvalue weighted by molar-refractivity contribution is 0.0699. The van der Waals surface area contributed by atoms with E-state index < -0.39 is 0 Å². The van der Waals surface area contributed by atoms with Gasteiger partial charge in [0.1, 0.15) is 11.4 Å². The Bertz CT molecular complexity index is 870. The maximum absolute atomic E-state index is 12.7. The van der Waals surface area contributed by atoms with Gasteiger partial charge in [0.2, 0.25) is 0 Å². The van der Waals surface area contributed by atoms with Crippen molar-refractivity contribution < 1.29 is 14.0 Å². The van der Waals surface area contributed by atoms with E-state index in [9.17, 15) is 14.4 Å². The van der Waals surface area contributed by atoms with E-state index in [1.54, 1.807) is 21.9 Å². The Morgan fingerprint density at radius 1 is 1.12 bits per heavy atom. The number of amides is 2. The van der Waals surface area contributed by atoms with Crippen LogP contribution in [0.1, 0.15) is 51.9 Å². The number of carbonyl (C=O) groups is 2. The molecule has 2 fully saturated rings. The van der Waals surface area contributed by atoms with Gasteiger partial charge >= 0.3 is 0 Å². The molecule has 0 unspecified atom stereocenters. The molecule has 8 heteroatoms. The second-order valence-electron chi connectivity index (χ2n) is 6.70. The molecule has 2 amide bonds. The molecular weight excluding hydrogens is 336 g/mol. The number of hydrogen-bond donors (Lipinski definition) is 1. The zero-order chi connectivity index (χ0) is 18.1. The molecule has 1 saturated carbocycles. The lowest BCUT2D eigenvalue weighted by atomic mass is 10.2. The number of H-pyrrole nitrogens is 1. The topological polar surface area (TPSA) is 99.5 Å². The second-order valence-corrected chi connectivity index (χ2v) is 6.70. The van der Waals surface area contributed by atoms with E-state index in [1.807, 2.05) is 0 Å². The van der Waals surface area contributed by atoms with Gasteiger partial charge in [-0.1, -0.05) is 0 Å². The molecule has 2 aliphatic rings. The Hall–Kier alpha value is -2.90. The molecule has 2 aromatic heterocycles. The second kappa shape index (κ2) is 6.78. The van der Waals surface area contributed by atoms with Gasteiger partial charge in [0.05, 0.1) is 6.26 Å². The normalized spacial score (nSPS) is 17.8.